The van der Waals surface area contributed by atoms with Gasteiger partial charge in [0.15, 0.2) is 5.96 Å². The quantitative estimate of drug-likeness (QED) is 0.462. The van der Waals surface area contributed by atoms with Crippen molar-refractivity contribution in [3.8, 4) is 0 Å². The number of guanidine groups is 1. The molecule has 0 aliphatic carbocycles. The highest BCUT2D eigenvalue weighted by atomic mass is 35.5. The number of ether oxygens (including phenoxy) is 1. The van der Waals surface area contributed by atoms with E-state index < -0.39 is 0 Å². The Labute approximate surface area is 132 Å². The third-order valence-electron chi connectivity index (χ3n) is 3.27. The normalized spacial score (nSPS) is 12.3. The monoisotopic (exact) mass is 311 g/mol. The first-order chi connectivity index (χ1) is 10.0. The molecule has 0 heterocycles. The third-order valence-corrected chi connectivity index (χ3v) is 3.60. The van der Waals surface area contributed by atoms with Crippen molar-refractivity contribution in [3.63, 3.8) is 0 Å². The molecule has 0 saturated carbocycles. The smallest absolute Gasteiger partial charge is 0.191 e. The van der Waals surface area contributed by atoms with Gasteiger partial charge in [0.2, 0.25) is 0 Å². The van der Waals surface area contributed by atoms with Gasteiger partial charge in [-0.15, -0.1) is 0 Å². The molecule has 0 aliphatic heterocycles. The molecule has 0 aliphatic rings. The standard InChI is InChI=1S/C16H26ClN3O/c1-5-21-11-10-19-15(18-4)20-12-16(2,3)13-8-6-7-9-14(13)17/h6-9H,5,10-12H2,1-4H3,(H2,18,19,20). The van der Waals surface area contributed by atoms with Gasteiger partial charge in [-0.05, 0) is 18.6 Å². The van der Waals surface area contributed by atoms with Gasteiger partial charge in [0.1, 0.15) is 0 Å². The minimum absolute atomic E-state index is 0.0874. The number of aliphatic imine (C=N–C) groups is 1. The fourth-order valence-electron chi connectivity index (χ4n) is 2.02. The maximum absolute atomic E-state index is 6.29. The molecule has 0 aromatic heterocycles. The summed E-state index contributed by atoms with van der Waals surface area (Å²) in [6.07, 6.45) is 0. The lowest BCUT2D eigenvalue weighted by Gasteiger charge is -2.27. The van der Waals surface area contributed by atoms with Crippen molar-refractivity contribution in [1.29, 1.82) is 0 Å². The molecule has 5 heteroatoms. The molecule has 0 spiro atoms. The highest BCUT2D eigenvalue weighted by Gasteiger charge is 2.23. The van der Waals surface area contributed by atoms with E-state index in [1.54, 1.807) is 7.05 Å². The van der Waals surface area contributed by atoms with Crippen LogP contribution < -0.4 is 10.6 Å². The molecule has 2 N–H and O–H groups in total. The van der Waals surface area contributed by atoms with E-state index in [0.29, 0.717) is 6.61 Å². The average molecular weight is 312 g/mol. The zero-order valence-corrected chi connectivity index (χ0v) is 14.1. The van der Waals surface area contributed by atoms with E-state index in [1.165, 1.54) is 0 Å². The van der Waals surface area contributed by atoms with E-state index in [4.69, 9.17) is 16.3 Å². The Balaban J connectivity index is 2.53. The Morgan fingerprint density at radius 2 is 2.00 bits per heavy atom. The minimum Gasteiger partial charge on any atom is -0.380 e. The fraction of sp³-hybridized carbons (Fsp3) is 0.562. The first-order valence-corrected chi connectivity index (χ1v) is 7.66. The number of rotatable bonds is 7. The lowest BCUT2D eigenvalue weighted by Crippen LogP contribution is -2.44. The number of benzene rings is 1. The minimum atomic E-state index is -0.0874. The van der Waals surface area contributed by atoms with Crippen molar-refractivity contribution in [1.82, 2.24) is 10.6 Å². The van der Waals surface area contributed by atoms with Crippen molar-refractivity contribution in [2.45, 2.75) is 26.2 Å². The second kappa shape index (κ2) is 8.90. The molecule has 0 fully saturated rings. The van der Waals surface area contributed by atoms with E-state index in [0.717, 1.165) is 36.2 Å². The van der Waals surface area contributed by atoms with Crippen LogP contribution in [0.2, 0.25) is 5.02 Å². The number of halogens is 1. The Bertz CT molecular complexity index is 461. The Hall–Kier alpha value is -1.26. The summed E-state index contributed by atoms with van der Waals surface area (Å²) < 4.78 is 5.30. The second-order valence-electron chi connectivity index (χ2n) is 5.41. The summed E-state index contributed by atoms with van der Waals surface area (Å²) in [5, 5.41) is 7.36. The molecule has 0 unspecified atom stereocenters. The fourth-order valence-corrected chi connectivity index (χ4v) is 2.41. The van der Waals surface area contributed by atoms with Crippen LogP contribution in [0.15, 0.2) is 29.3 Å². The number of nitrogens with one attached hydrogen (secondary N) is 2. The SMILES string of the molecule is CCOCCNC(=NC)NCC(C)(C)c1ccccc1Cl. The summed E-state index contributed by atoms with van der Waals surface area (Å²) in [6.45, 7) is 9.19. The molecule has 1 aromatic rings. The van der Waals surface area contributed by atoms with Crippen LogP contribution in [0.1, 0.15) is 26.3 Å². The van der Waals surface area contributed by atoms with Crippen LogP contribution in [0.5, 0.6) is 0 Å². The van der Waals surface area contributed by atoms with Crippen LogP contribution in [0.3, 0.4) is 0 Å². The lowest BCUT2D eigenvalue weighted by atomic mass is 9.84. The molecule has 0 amide bonds. The van der Waals surface area contributed by atoms with Gasteiger partial charge in [0, 0.05) is 37.2 Å². The van der Waals surface area contributed by atoms with Crippen molar-refractivity contribution < 1.29 is 4.74 Å². The highest BCUT2D eigenvalue weighted by Crippen LogP contribution is 2.28. The maximum atomic E-state index is 6.29. The lowest BCUT2D eigenvalue weighted by molar-refractivity contribution is 0.152. The van der Waals surface area contributed by atoms with Gasteiger partial charge in [-0.1, -0.05) is 43.6 Å². The van der Waals surface area contributed by atoms with E-state index in [1.807, 2.05) is 25.1 Å². The number of nitrogens with zero attached hydrogens (tertiary/aromatic N) is 1. The zero-order chi connectivity index (χ0) is 15.7. The van der Waals surface area contributed by atoms with Gasteiger partial charge in [-0.3, -0.25) is 4.99 Å². The summed E-state index contributed by atoms with van der Waals surface area (Å²) in [5.41, 5.74) is 1.04. The van der Waals surface area contributed by atoms with E-state index in [9.17, 15) is 0 Å². The van der Waals surface area contributed by atoms with Gasteiger partial charge in [-0.2, -0.15) is 0 Å². The molecule has 1 aromatic carbocycles. The van der Waals surface area contributed by atoms with E-state index in [2.05, 4.69) is 35.5 Å². The van der Waals surface area contributed by atoms with Gasteiger partial charge in [0.05, 0.1) is 6.61 Å². The highest BCUT2D eigenvalue weighted by molar-refractivity contribution is 6.31. The van der Waals surface area contributed by atoms with Crippen molar-refractivity contribution in [3.05, 3.63) is 34.9 Å². The first kappa shape index (κ1) is 17.8. The Morgan fingerprint density at radius 1 is 1.29 bits per heavy atom. The topological polar surface area (TPSA) is 45.6 Å². The number of hydrogen-bond acceptors (Lipinski definition) is 2. The Kier molecular flexibility index (Phi) is 7.54. The van der Waals surface area contributed by atoms with Gasteiger partial charge in [-0.25, -0.2) is 0 Å². The number of hydrogen-bond donors (Lipinski definition) is 2. The Morgan fingerprint density at radius 3 is 2.62 bits per heavy atom. The van der Waals surface area contributed by atoms with Gasteiger partial charge >= 0.3 is 0 Å². The maximum Gasteiger partial charge on any atom is 0.191 e. The van der Waals surface area contributed by atoms with Crippen molar-refractivity contribution in [2.24, 2.45) is 4.99 Å². The molecule has 1 rings (SSSR count). The predicted octanol–water partition coefficient (Wildman–Crippen LogP) is 2.82. The predicted molar refractivity (Wildman–Crippen MR) is 90.3 cm³/mol. The van der Waals surface area contributed by atoms with Crippen LogP contribution in [-0.2, 0) is 10.2 Å². The molecule has 21 heavy (non-hydrogen) atoms. The summed E-state index contributed by atoms with van der Waals surface area (Å²) in [4.78, 5) is 4.21. The van der Waals surface area contributed by atoms with Crippen molar-refractivity contribution in [2.75, 3.05) is 33.4 Å². The molecule has 0 saturated heterocycles. The summed E-state index contributed by atoms with van der Waals surface area (Å²) in [7, 11) is 1.76. The van der Waals surface area contributed by atoms with Crippen LogP contribution >= 0.6 is 11.6 Å². The largest absolute Gasteiger partial charge is 0.380 e. The summed E-state index contributed by atoms with van der Waals surface area (Å²) in [5.74, 6) is 0.773. The molecule has 4 nitrogen and oxygen atoms in total. The van der Waals surface area contributed by atoms with Crippen LogP contribution in [-0.4, -0.2) is 39.3 Å². The van der Waals surface area contributed by atoms with Gasteiger partial charge in [0.25, 0.3) is 0 Å². The molecule has 118 valence electrons. The van der Waals surface area contributed by atoms with Crippen molar-refractivity contribution >= 4 is 17.6 Å². The van der Waals surface area contributed by atoms with E-state index >= 15 is 0 Å². The van der Waals surface area contributed by atoms with Crippen LogP contribution in [0, 0.1) is 0 Å². The molecular weight excluding hydrogens is 286 g/mol. The van der Waals surface area contributed by atoms with Crippen LogP contribution in [0.25, 0.3) is 0 Å². The molecular formula is C16H26ClN3O. The summed E-state index contributed by atoms with van der Waals surface area (Å²) in [6, 6.07) is 7.95. The second-order valence-corrected chi connectivity index (χ2v) is 5.82. The zero-order valence-electron chi connectivity index (χ0n) is 13.4. The van der Waals surface area contributed by atoms with Crippen LogP contribution in [0.4, 0.5) is 0 Å². The average Bonchev–Trinajstić information content (AvgIpc) is 2.47. The van der Waals surface area contributed by atoms with Gasteiger partial charge < -0.3 is 15.4 Å². The summed E-state index contributed by atoms with van der Waals surface area (Å²) >= 11 is 6.29. The van der Waals surface area contributed by atoms with E-state index in [-0.39, 0.29) is 5.41 Å². The first-order valence-electron chi connectivity index (χ1n) is 7.28. The molecule has 0 atom stereocenters. The third kappa shape index (κ3) is 5.94. The molecule has 0 bridgehead atoms. The molecule has 0 radical (unpaired) electrons.